The third kappa shape index (κ3) is 3.97. The number of hydrogen-bond acceptors (Lipinski definition) is 1. The van der Waals surface area contributed by atoms with Gasteiger partial charge in [-0.25, -0.2) is 0 Å². The molecular weight excluding hydrogens is 230 g/mol. The first kappa shape index (κ1) is 15.4. The Hall–Kier alpha value is -0.0400. The van der Waals surface area contributed by atoms with Gasteiger partial charge in [0.25, 0.3) is 0 Å². The van der Waals surface area contributed by atoms with Crippen LogP contribution < -0.4 is 5.32 Å². The Bertz CT molecular complexity index is 262. The summed E-state index contributed by atoms with van der Waals surface area (Å²) in [6.45, 7) is 10.8. The van der Waals surface area contributed by atoms with Crippen LogP contribution in [0.1, 0.15) is 72.6 Å². The van der Waals surface area contributed by atoms with Gasteiger partial charge >= 0.3 is 0 Å². The van der Waals surface area contributed by atoms with Gasteiger partial charge in [0.2, 0.25) is 0 Å². The highest BCUT2D eigenvalue weighted by molar-refractivity contribution is 4.89. The van der Waals surface area contributed by atoms with Crippen molar-refractivity contribution in [3.63, 3.8) is 0 Å². The van der Waals surface area contributed by atoms with Crippen LogP contribution in [-0.2, 0) is 0 Å². The molecule has 1 N–H and O–H groups in total. The van der Waals surface area contributed by atoms with E-state index in [-0.39, 0.29) is 0 Å². The topological polar surface area (TPSA) is 12.0 Å². The van der Waals surface area contributed by atoms with Crippen molar-refractivity contribution >= 4 is 0 Å². The molecule has 0 aromatic heterocycles. The Morgan fingerprint density at radius 2 is 1.63 bits per heavy atom. The summed E-state index contributed by atoms with van der Waals surface area (Å²) in [5, 5.41) is 3.88. The van der Waals surface area contributed by atoms with E-state index < -0.39 is 0 Å². The molecule has 0 spiro atoms. The summed E-state index contributed by atoms with van der Waals surface area (Å²) in [7, 11) is 0. The number of nitrogens with one attached hydrogen (secondary N) is 1. The molecule has 0 bridgehead atoms. The molecule has 2 saturated carbocycles. The third-order valence-electron chi connectivity index (χ3n) is 6.07. The van der Waals surface area contributed by atoms with E-state index in [1.165, 1.54) is 44.9 Å². The fraction of sp³-hybridized carbons (Fsp3) is 1.00. The van der Waals surface area contributed by atoms with Crippen LogP contribution in [-0.4, -0.2) is 12.6 Å². The molecular formula is C18H35N. The Morgan fingerprint density at radius 3 is 2.26 bits per heavy atom. The molecule has 0 saturated heterocycles. The maximum atomic E-state index is 3.88. The van der Waals surface area contributed by atoms with Crippen LogP contribution in [0.2, 0.25) is 0 Å². The molecule has 0 radical (unpaired) electrons. The predicted octanol–water partition coefficient (Wildman–Crippen LogP) is 4.86. The van der Waals surface area contributed by atoms with Gasteiger partial charge in [-0.3, -0.25) is 0 Å². The zero-order valence-electron chi connectivity index (χ0n) is 13.6. The summed E-state index contributed by atoms with van der Waals surface area (Å²) >= 11 is 0. The van der Waals surface area contributed by atoms with Crippen LogP contribution in [0.5, 0.6) is 0 Å². The molecule has 0 amide bonds. The lowest BCUT2D eigenvalue weighted by atomic mass is 9.67. The fourth-order valence-corrected chi connectivity index (χ4v) is 4.68. The lowest BCUT2D eigenvalue weighted by molar-refractivity contribution is 0.114. The quantitative estimate of drug-likeness (QED) is 0.765. The summed E-state index contributed by atoms with van der Waals surface area (Å²) in [4.78, 5) is 0. The van der Waals surface area contributed by atoms with Gasteiger partial charge in [-0.05, 0) is 61.8 Å². The highest BCUT2D eigenvalue weighted by Gasteiger charge is 2.35. The van der Waals surface area contributed by atoms with Gasteiger partial charge in [0.1, 0.15) is 0 Å². The molecule has 1 nitrogen and oxygen atoms in total. The van der Waals surface area contributed by atoms with Gasteiger partial charge in [-0.1, -0.05) is 47.0 Å². The van der Waals surface area contributed by atoms with E-state index in [1.54, 1.807) is 0 Å². The monoisotopic (exact) mass is 265 g/mol. The second kappa shape index (κ2) is 7.11. The largest absolute Gasteiger partial charge is 0.314 e. The molecule has 0 aromatic rings. The number of hydrogen-bond donors (Lipinski definition) is 1. The zero-order valence-corrected chi connectivity index (χ0v) is 13.6. The van der Waals surface area contributed by atoms with Gasteiger partial charge in [0.05, 0.1) is 0 Å². The van der Waals surface area contributed by atoms with E-state index in [9.17, 15) is 0 Å². The minimum absolute atomic E-state index is 0.808. The van der Waals surface area contributed by atoms with Crippen LogP contribution in [0.25, 0.3) is 0 Å². The zero-order chi connectivity index (χ0) is 13.8. The van der Waals surface area contributed by atoms with E-state index in [4.69, 9.17) is 0 Å². The molecule has 1 heteroatoms. The van der Waals surface area contributed by atoms with Crippen LogP contribution in [0.3, 0.4) is 0 Å². The fourth-order valence-electron chi connectivity index (χ4n) is 4.68. The summed E-state index contributed by atoms with van der Waals surface area (Å²) in [5.41, 5.74) is 0. The average molecular weight is 265 g/mol. The molecule has 0 aliphatic heterocycles. The molecule has 19 heavy (non-hydrogen) atoms. The van der Waals surface area contributed by atoms with Crippen molar-refractivity contribution < 1.29 is 0 Å². The van der Waals surface area contributed by atoms with Crippen molar-refractivity contribution in [2.24, 2.45) is 29.6 Å². The van der Waals surface area contributed by atoms with Gasteiger partial charge in [-0.15, -0.1) is 0 Å². The van der Waals surface area contributed by atoms with Crippen LogP contribution in [0, 0.1) is 29.6 Å². The molecule has 0 aromatic carbocycles. The van der Waals surface area contributed by atoms with E-state index in [0.29, 0.717) is 0 Å². The van der Waals surface area contributed by atoms with E-state index >= 15 is 0 Å². The molecule has 2 rings (SSSR count). The number of rotatable bonds is 4. The van der Waals surface area contributed by atoms with Gasteiger partial charge in [-0.2, -0.15) is 0 Å². The first-order valence-corrected chi connectivity index (χ1v) is 8.85. The van der Waals surface area contributed by atoms with Crippen molar-refractivity contribution in [2.45, 2.75) is 78.7 Å². The van der Waals surface area contributed by atoms with Crippen molar-refractivity contribution in [1.82, 2.24) is 5.32 Å². The first-order valence-electron chi connectivity index (χ1n) is 8.85. The Kier molecular flexibility index (Phi) is 5.74. The highest BCUT2D eigenvalue weighted by atomic mass is 14.9. The average Bonchev–Trinajstić information content (AvgIpc) is 2.39. The summed E-state index contributed by atoms with van der Waals surface area (Å²) in [5.74, 6) is 4.74. The van der Waals surface area contributed by atoms with Crippen LogP contribution >= 0.6 is 0 Å². The van der Waals surface area contributed by atoms with Crippen LogP contribution in [0.4, 0.5) is 0 Å². The maximum Gasteiger partial charge on any atom is 0.0124 e. The van der Waals surface area contributed by atoms with Crippen molar-refractivity contribution in [3.05, 3.63) is 0 Å². The normalized spacial score (nSPS) is 42.0. The summed E-state index contributed by atoms with van der Waals surface area (Å²) in [6, 6.07) is 0.808. The molecule has 2 aliphatic rings. The van der Waals surface area contributed by atoms with Gasteiger partial charge in [0.15, 0.2) is 0 Å². The molecule has 0 heterocycles. The second-order valence-corrected chi connectivity index (χ2v) is 7.64. The lowest BCUT2D eigenvalue weighted by Gasteiger charge is -2.42. The smallest absolute Gasteiger partial charge is 0.0124 e. The SMILES string of the molecule is CCNC(C1CCCC(C)C1)C1CCC(C)C(C)C1. The van der Waals surface area contributed by atoms with Gasteiger partial charge in [0, 0.05) is 6.04 Å². The lowest BCUT2D eigenvalue weighted by Crippen LogP contribution is -2.46. The minimum atomic E-state index is 0.808. The second-order valence-electron chi connectivity index (χ2n) is 7.64. The van der Waals surface area contributed by atoms with E-state index in [0.717, 1.165) is 42.2 Å². The van der Waals surface area contributed by atoms with Crippen LogP contribution in [0.15, 0.2) is 0 Å². The summed E-state index contributed by atoms with van der Waals surface area (Å²) in [6.07, 6.45) is 10.3. The highest BCUT2D eigenvalue weighted by Crippen LogP contribution is 2.40. The van der Waals surface area contributed by atoms with Crippen molar-refractivity contribution in [2.75, 3.05) is 6.54 Å². The first-order chi connectivity index (χ1) is 9.11. The van der Waals surface area contributed by atoms with Gasteiger partial charge < -0.3 is 5.32 Å². The molecule has 112 valence electrons. The standard InChI is InChI=1S/C18H35N/c1-5-19-18(16-8-6-7-13(2)11-16)17-10-9-14(3)15(4)12-17/h13-19H,5-12H2,1-4H3. The minimum Gasteiger partial charge on any atom is -0.314 e. The van der Waals surface area contributed by atoms with Crippen molar-refractivity contribution in [1.29, 1.82) is 0 Å². The molecule has 2 aliphatic carbocycles. The Morgan fingerprint density at radius 1 is 0.895 bits per heavy atom. The molecule has 2 fully saturated rings. The molecule has 6 unspecified atom stereocenters. The predicted molar refractivity (Wildman–Crippen MR) is 84.3 cm³/mol. The van der Waals surface area contributed by atoms with Crippen molar-refractivity contribution in [3.8, 4) is 0 Å². The Labute approximate surface area is 120 Å². The van der Waals surface area contributed by atoms with E-state index in [2.05, 4.69) is 33.0 Å². The summed E-state index contributed by atoms with van der Waals surface area (Å²) < 4.78 is 0. The maximum absolute atomic E-state index is 3.88. The Balaban J connectivity index is 1.98. The third-order valence-corrected chi connectivity index (χ3v) is 6.07. The molecule has 6 atom stereocenters. The van der Waals surface area contributed by atoms with E-state index in [1.807, 2.05) is 0 Å².